The Morgan fingerprint density at radius 1 is 0.727 bits per heavy atom. The fourth-order valence-electron chi connectivity index (χ4n) is 1.61. The minimum atomic E-state index is -1.17. The maximum absolute atomic E-state index is 10.1. The average Bonchev–Trinajstić information content (AvgIpc) is 3.16. The van der Waals surface area contributed by atoms with Gasteiger partial charge in [-0.2, -0.15) is 18.2 Å². The molecule has 0 aliphatic rings. The van der Waals surface area contributed by atoms with Gasteiger partial charge in [0.2, 0.25) is 0 Å². The van der Waals surface area contributed by atoms with Crippen molar-refractivity contribution in [3.8, 4) is 0 Å². The summed E-state index contributed by atoms with van der Waals surface area (Å²) in [5.41, 5.74) is 0. The molecule has 0 fully saturated rings. The van der Waals surface area contributed by atoms with Crippen molar-refractivity contribution < 1.29 is 15.4 Å². The second-order valence-electron chi connectivity index (χ2n) is 3.99. The molecule has 0 atom stereocenters. The van der Waals surface area contributed by atoms with Crippen LogP contribution in [-0.4, -0.2) is 4.89 Å². The zero-order valence-electron chi connectivity index (χ0n) is 11.6. The van der Waals surface area contributed by atoms with Crippen LogP contribution in [0, 0.1) is 0 Å². The SMILES string of the molecule is OP(c1ccccc1)c1ccccc1.[I][Ir+][I].c1cc[cH-]c1. The molecule has 0 heterocycles. The number of hydrogen-bond acceptors (Lipinski definition) is 1. The molecule has 0 saturated heterocycles. The van der Waals surface area contributed by atoms with Crippen molar-refractivity contribution in [2.45, 2.75) is 0 Å². The summed E-state index contributed by atoms with van der Waals surface area (Å²) < 4.78 is 0. The van der Waals surface area contributed by atoms with Crippen LogP contribution in [0.25, 0.3) is 0 Å². The molecule has 3 rings (SSSR count). The van der Waals surface area contributed by atoms with E-state index >= 15 is 0 Å². The van der Waals surface area contributed by atoms with Gasteiger partial charge in [0.1, 0.15) is 0 Å². The molecule has 0 aliphatic carbocycles. The third-order valence-electron chi connectivity index (χ3n) is 2.56. The van der Waals surface area contributed by atoms with Crippen molar-refractivity contribution in [2.75, 3.05) is 0 Å². The molecular formula is C17H16I2IrOP. The Bertz CT molecular complexity index is 519. The van der Waals surface area contributed by atoms with Gasteiger partial charge in [0.05, 0.1) is 8.15 Å². The fourth-order valence-corrected chi connectivity index (χ4v) is 2.82. The van der Waals surface area contributed by atoms with Crippen molar-refractivity contribution in [3.63, 3.8) is 0 Å². The van der Waals surface area contributed by atoms with E-state index in [2.05, 4.69) is 39.2 Å². The number of hydrogen-bond donors (Lipinski definition) is 1. The second-order valence-corrected chi connectivity index (χ2v) is 23.1. The van der Waals surface area contributed by atoms with E-state index in [-0.39, 0.29) is 0 Å². The van der Waals surface area contributed by atoms with Crippen molar-refractivity contribution in [3.05, 3.63) is 91.0 Å². The summed E-state index contributed by atoms with van der Waals surface area (Å²) in [6, 6.07) is 29.5. The van der Waals surface area contributed by atoms with Gasteiger partial charge in [0.25, 0.3) is 0 Å². The second kappa shape index (κ2) is 13.7. The van der Waals surface area contributed by atoms with E-state index in [4.69, 9.17) is 0 Å². The predicted molar refractivity (Wildman–Crippen MR) is 111 cm³/mol. The Morgan fingerprint density at radius 3 is 1.36 bits per heavy atom. The molecule has 0 amide bonds. The molecule has 0 radical (unpaired) electrons. The third-order valence-corrected chi connectivity index (χ3v) is 4.13. The van der Waals surface area contributed by atoms with Gasteiger partial charge in [-0.05, 0) is 0 Å². The van der Waals surface area contributed by atoms with Crippen LogP contribution in [0.15, 0.2) is 91.0 Å². The summed E-state index contributed by atoms with van der Waals surface area (Å²) in [4.78, 5) is 10.1. The zero-order chi connectivity index (χ0) is 16.0. The molecule has 3 aromatic carbocycles. The van der Waals surface area contributed by atoms with Gasteiger partial charge >= 0.3 is 49.7 Å². The minimum Gasteiger partial charge on any atom is -0.214 e. The summed E-state index contributed by atoms with van der Waals surface area (Å²) >= 11 is 4.80. The van der Waals surface area contributed by atoms with Crippen molar-refractivity contribution in [2.24, 2.45) is 0 Å². The quantitative estimate of drug-likeness (QED) is 0.220. The smallest absolute Gasteiger partial charge is 0.172 e. The zero-order valence-corrected chi connectivity index (χ0v) is 19.2. The van der Waals surface area contributed by atoms with Crippen LogP contribution in [0.4, 0.5) is 0 Å². The average molecular weight is 713 g/mol. The summed E-state index contributed by atoms with van der Waals surface area (Å²) in [7, 11) is -0.731. The Balaban J connectivity index is 0.000000250. The molecule has 0 aromatic heterocycles. The molecule has 0 spiro atoms. The van der Waals surface area contributed by atoms with E-state index < -0.39 is 8.15 Å². The van der Waals surface area contributed by atoms with Crippen molar-refractivity contribution in [1.82, 2.24) is 0 Å². The first-order chi connectivity index (χ1) is 10.8. The van der Waals surface area contributed by atoms with E-state index in [0.29, 0.717) is 10.5 Å². The van der Waals surface area contributed by atoms with Crippen molar-refractivity contribution in [1.29, 1.82) is 0 Å². The van der Waals surface area contributed by atoms with Gasteiger partial charge < -0.3 is 4.89 Å². The molecule has 0 aliphatic heterocycles. The molecular weight excluding hydrogens is 697 g/mol. The maximum atomic E-state index is 10.1. The number of halogens is 2. The number of benzene rings is 2. The summed E-state index contributed by atoms with van der Waals surface area (Å²) in [5, 5.41) is 1.99. The summed E-state index contributed by atoms with van der Waals surface area (Å²) in [5.74, 6) is 0. The Hall–Kier alpha value is 0.289. The van der Waals surface area contributed by atoms with Gasteiger partial charge in [-0.25, -0.2) is 12.1 Å². The van der Waals surface area contributed by atoms with E-state index in [9.17, 15) is 4.89 Å². The van der Waals surface area contributed by atoms with E-state index in [1.165, 1.54) is 0 Å². The molecule has 0 bridgehead atoms. The first-order valence-electron chi connectivity index (χ1n) is 6.39. The van der Waals surface area contributed by atoms with Crippen LogP contribution in [0.1, 0.15) is 0 Å². The van der Waals surface area contributed by atoms with Gasteiger partial charge in [-0.1, -0.05) is 60.7 Å². The molecule has 5 heteroatoms. The minimum absolute atomic E-state index is 0.440. The van der Waals surface area contributed by atoms with Crippen LogP contribution in [0.5, 0.6) is 0 Å². The largest absolute Gasteiger partial charge is 0.214 e. The topological polar surface area (TPSA) is 20.2 Å². The standard InChI is InChI=1S/C12H11OP.C5H5.2HI.Ir/c13-14(11-7-3-1-4-8-11)12-9-5-2-6-10-12;1-2-4-5-3-1;;;/h1-10,13H;1-5H;2*1H;/q;-1;;;+3/p-2. The molecule has 3 aromatic rings. The monoisotopic (exact) mass is 714 g/mol. The summed E-state index contributed by atoms with van der Waals surface area (Å²) in [6.45, 7) is 0. The predicted octanol–water partition coefficient (Wildman–Crippen LogP) is 5.20. The van der Waals surface area contributed by atoms with Crippen LogP contribution >= 0.6 is 47.3 Å². The molecule has 0 unspecified atom stereocenters. The molecule has 22 heavy (non-hydrogen) atoms. The third kappa shape index (κ3) is 8.80. The maximum Gasteiger partial charge on any atom is -0.172 e. The van der Waals surface area contributed by atoms with Crippen molar-refractivity contribution >= 4 is 57.9 Å². The normalized spacial score (nSPS) is 9.45. The fraction of sp³-hybridized carbons (Fsp3) is 0. The Morgan fingerprint density at radius 2 is 1.09 bits per heavy atom. The van der Waals surface area contributed by atoms with E-state index in [0.717, 1.165) is 10.6 Å². The summed E-state index contributed by atoms with van der Waals surface area (Å²) in [6.07, 6.45) is 0. The molecule has 1 nitrogen and oxygen atoms in total. The van der Waals surface area contributed by atoms with Crippen LogP contribution < -0.4 is 10.6 Å². The first kappa shape index (κ1) is 20.3. The van der Waals surface area contributed by atoms with Gasteiger partial charge in [-0.15, -0.1) is 0 Å². The molecule has 0 saturated carbocycles. The van der Waals surface area contributed by atoms with Gasteiger partial charge in [-0.3, -0.25) is 0 Å². The van der Waals surface area contributed by atoms with Crippen LogP contribution in [-0.2, 0) is 10.5 Å². The Labute approximate surface area is 162 Å². The molecule has 1 N–H and O–H groups in total. The Kier molecular flexibility index (Phi) is 12.7. The van der Waals surface area contributed by atoms with Gasteiger partial charge in [0.15, 0.2) is 0 Å². The van der Waals surface area contributed by atoms with Crippen LogP contribution in [0.2, 0.25) is 0 Å². The van der Waals surface area contributed by atoms with Crippen LogP contribution in [0.3, 0.4) is 0 Å². The van der Waals surface area contributed by atoms with E-state index in [1.54, 1.807) is 0 Å². The molecule has 118 valence electrons. The van der Waals surface area contributed by atoms with Gasteiger partial charge in [0, 0.05) is 10.6 Å². The van der Waals surface area contributed by atoms with E-state index in [1.807, 2.05) is 91.0 Å². The number of rotatable bonds is 2. The first-order valence-corrected chi connectivity index (χ1v) is 21.3.